The van der Waals surface area contributed by atoms with E-state index in [1.165, 1.54) is 18.4 Å². The van der Waals surface area contributed by atoms with Gasteiger partial charge in [0.2, 0.25) is 0 Å². The van der Waals surface area contributed by atoms with Crippen molar-refractivity contribution in [1.82, 2.24) is 0 Å². The van der Waals surface area contributed by atoms with Crippen LogP contribution in [0.25, 0.3) is 0 Å². The van der Waals surface area contributed by atoms with Gasteiger partial charge in [0.15, 0.2) is 0 Å². The van der Waals surface area contributed by atoms with E-state index in [-0.39, 0.29) is 5.41 Å². The van der Waals surface area contributed by atoms with E-state index in [2.05, 4.69) is 28.1 Å². The van der Waals surface area contributed by atoms with Gasteiger partial charge >= 0.3 is 0 Å². The number of rotatable bonds is 1. The first-order valence-electron chi connectivity index (χ1n) is 4.95. The van der Waals surface area contributed by atoms with Crippen molar-refractivity contribution in [3.63, 3.8) is 0 Å². The van der Waals surface area contributed by atoms with Crippen LogP contribution in [0.1, 0.15) is 31.2 Å². The molecule has 1 nitrogen and oxygen atoms in total. The number of hydrogen-bond donors (Lipinski definition) is 0. The van der Waals surface area contributed by atoms with Crippen LogP contribution in [0.3, 0.4) is 0 Å². The average Bonchev–Trinajstić information content (AvgIpc) is 2.68. The summed E-state index contributed by atoms with van der Waals surface area (Å²) in [6.07, 6.45) is 4.36. The molecule has 0 amide bonds. The first-order valence-corrected chi connectivity index (χ1v) is 5.74. The summed E-state index contributed by atoms with van der Waals surface area (Å²) in [5.74, 6) is 0. The Bertz CT molecular complexity index is 372. The Hall–Kier alpha value is -0.810. The minimum absolute atomic E-state index is 0.222. The molecule has 0 N–H and O–H groups in total. The molecule has 0 heterocycles. The van der Waals surface area contributed by atoms with Crippen molar-refractivity contribution in [2.24, 2.45) is 0 Å². The molecular weight excluding hydrogens is 238 g/mol. The van der Waals surface area contributed by atoms with Crippen molar-refractivity contribution in [3.8, 4) is 6.07 Å². The molecule has 1 aromatic carbocycles. The minimum atomic E-state index is -0.222. The van der Waals surface area contributed by atoms with Crippen LogP contribution in [0.5, 0.6) is 0 Å². The van der Waals surface area contributed by atoms with Gasteiger partial charge in [-0.2, -0.15) is 5.26 Å². The summed E-state index contributed by atoms with van der Waals surface area (Å²) in [5, 5.41) is 9.32. The monoisotopic (exact) mass is 249 g/mol. The fourth-order valence-corrected chi connectivity index (χ4v) is 2.93. The molecule has 1 saturated carbocycles. The van der Waals surface area contributed by atoms with Crippen LogP contribution in [-0.2, 0) is 5.41 Å². The largest absolute Gasteiger partial charge is 0.197 e. The molecule has 2 rings (SSSR count). The lowest BCUT2D eigenvalue weighted by Gasteiger charge is -2.21. The van der Waals surface area contributed by atoms with E-state index in [4.69, 9.17) is 0 Å². The van der Waals surface area contributed by atoms with E-state index in [1.807, 2.05) is 18.2 Å². The van der Waals surface area contributed by atoms with Gasteiger partial charge in [-0.3, -0.25) is 0 Å². The fourth-order valence-electron chi connectivity index (χ4n) is 2.27. The Morgan fingerprint density at radius 3 is 2.43 bits per heavy atom. The number of hydrogen-bond acceptors (Lipinski definition) is 1. The lowest BCUT2D eigenvalue weighted by atomic mass is 9.80. The molecule has 0 aromatic heterocycles. The third kappa shape index (κ3) is 1.46. The molecule has 1 aromatic rings. The maximum absolute atomic E-state index is 9.32. The molecule has 0 aliphatic heterocycles. The quantitative estimate of drug-likeness (QED) is 0.743. The Labute approximate surface area is 92.9 Å². The third-order valence-corrected chi connectivity index (χ3v) is 3.75. The highest BCUT2D eigenvalue weighted by atomic mass is 79.9. The maximum atomic E-state index is 9.32. The Kier molecular flexibility index (Phi) is 2.60. The smallest absolute Gasteiger partial charge is 0.0833 e. The van der Waals surface area contributed by atoms with Gasteiger partial charge in [-0.05, 0) is 24.5 Å². The van der Waals surface area contributed by atoms with Gasteiger partial charge in [-0.1, -0.05) is 47.0 Å². The zero-order valence-electron chi connectivity index (χ0n) is 7.96. The van der Waals surface area contributed by atoms with Crippen LogP contribution < -0.4 is 0 Å². The lowest BCUT2D eigenvalue weighted by molar-refractivity contribution is 0.570. The van der Waals surface area contributed by atoms with Crippen LogP contribution in [0.15, 0.2) is 28.7 Å². The second kappa shape index (κ2) is 3.74. The van der Waals surface area contributed by atoms with Gasteiger partial charge in [-0.25, -0.2) is 0 Å². The van der Waals surface area contributed by atoms with Gasteiger partial charge in [0, 0.05) is 4.47 Å². The Morgan fingerprint density at radius 1 is 1.21 bits per heavy atom. The van der Waals surface area contributed by atoms with E-state index < -0.39 is 0 Å². The summed E-state index contributed by atoms with van der Waals surface area (Å²) in [7, 11) is 0. The van der Waals surface area contributed by atoms with Crippen LogP contribution in [0.4, 0.5) is 0 Å². The fraction of sp³-hybridized carbons (Fsp3) is 0.417. The summed E-state index contributed by atoms with van der Waals surface area (Å²) in [5.41, 5.74) is 0.945. The van der Waals surface area contributed by atoms with Crippen molar-refractivity contribution in [2.75, 3.05) is 0 Å². The van der Waals surface area contributed by atoms with Crippen LogP contribution in [0, 0.1) is 11.3 Å². The predicted octanol–water partition coefficient (Wildman–Crippen LogP) is 3.78. The standard InChI is InChI=1S/C12H12BrN/c13-11-6-2-1-5-10(11)12(9-14)7-3-4-8-12/h1-2,5-6H,3-4,7-8H2. The highest BCUT2D eigenvalue weighted by molar-refractivity contribution is 9.10. The second-order valence-electron chi connectivity index (χ2n) is 3.88. The SMILES string of the molecule is N#CC1(c2ccccc2Br)CCCC1. The molecule has 0 spiro atoms. The third-order valence-electron chi connectivity index (χ3n) is 3.06. The molecule has 0 unspecified atom stereocenters. The van der Waals surface area contributed by atoms with Gasteiger partial charge in [0.1, 0.15) is 0 Å². The summed E-state index contributed by atoms with van der Waals surface area (Å²) in [4.78, 5) is 0. The van der Waals surface area contributed by atoms with Crippen molar-refractivity contribution in [1.29, 1.82) is 5.26 Å². The van der Waals surface area contributed by atoms with Crippen molar-refractivity contribution in [3.05, 3.63) is 34.3 Å². The van der Waals surface area contributed by atoms with Crippen LogP contribution in [-0.4, -0.2) is 0 Å². The molecule has 72 valence electrons. The van der Waals surface area contributed by atoms with E-state index >= 15 is 0 Å². The van der Waals surface area contributed by atoms with Crippen LogP contribution >= 0.6 is 15.9 Å². The molecule has 0 saturated heterocycles. The number of benzene rings is 1. The zero-order chi connectivity index (χ0) is 10.0. The van der Waals surface area contributed by atoms with Crippen molar-refractivity contribution < 1.29 is 0 Å². The first kappa shape index (κ1) is 9.73. The van der Waals surface area contributed by atoms with E-state index in [1.54, 1.807) is 0 Å². The van der Waals surface area contributed by atoms with Gasteiger partial charge in [-0.15, -0.1) is 0 Å². The normalized spacial score (nSPS) is 19.1. The molecule has 1 aliphatic rings. The van der Waals surface area contributed by atoms with Gasteiger partial charge in [0.25, 0.3) is 0 Å². The molecular formula is C12H12BrN. The van der Waals surface area contributed by atoms with Crippen molar-refractivity contribution in [2.45, 2.75) is 31.1 Å². The zero-order valence-corrected chi connectivity index (χ0v) is 9.55. The highest BCUT2D eigenvalue weighted by Gasteiger charge is 2.36. The average molecular weight is 250 g/mol. The maximum Gasteiger partial charge on any atom is 0.0833 e. The number of nitriles is 1. The molecule has 0 radical (unpaired) electrons. The second-order valence-corrected chi connectivity index (χ2v) is 4.74. The summed E-state index contributed by atoms with van der Waals surface area (Å²) >= 11 is 3.53. The summed E-state index contributed by atoms with van der Waals surface area (Å²) in [6.45, 7) is 0. The highest BCUT2D eigenvalue weighted by Crippen LogP contribution is 2.43. The van der Waals surface area contributed by atoms with Gasteiger partial charge < -0.3 is 0 Å². The van der Waals surface area contributed by atoms with E-state index in [9.17, 15) is 5.26 Å². The topological polar surface area (TPSA) is 23.8 Å². The first-order chi connectivity index (χ1) is 6.78. The minimum Gasteiger partial charge on any atom is -0.197 e. The molecule has 1 fully saturated rings. The van der Waals surface area contributed by atoms with Gasteiger partial charge in [0.05, 0.1) is 11.5 Å². The van der Waals surface area contributed by atoms with E-state index in [0.717, 1.165) is 17.3 Å². The van der Waals surface area contributed by atoms with Crippen molar-refractivity contribution >= 4 is 15.9 Å². The summed E-state index contributed by atoms with van der Waals surface area (Å²) in [6, 6.07) is 10.6. The number of nitrogens with zero attached hydrogens (tertiary/aromatic N) is 1. The van der Waals surface area contributed by atoms with E-state index in [0.29, 0.717) is 0 Å². The lowest BCUT2D eigenvalue weighted by Crippen LogP contribution is -2.19. The Morgan fingerprint density at radius 2 is 1.86 bits per heavy atom. The molecule has 2 heteroatoms. The molecule has 0 atom stereocenters. The summed E-state index contributed by atoms with van der Waals surface area (Å²) < 4.78 is 1.07. The number of halogens is 1. The molecule has 1 aliphatic carbocycles. The van der Waals surface area contributed by atoms with Crippen LogP contribution in [0.2, 0.25) is 0 Å². The molecule has 14 heavy (non-hydrogen) atoms. The predicted molar refractivity (Wildman–Crippen MR) is 59.9 cm³/mol. The molecule has 0 bridgehead atoms. The Balaban J connectivity index is 2.47.